The standard InChI is InChI=1S/C52H37N/c1-52(50-22-8-6-19-48(50)49-20-7-9-23-51(49)52)42-16-11-17-45(35-42)53(43-30-26-37(27-31-43)41-25-24-36-12-2-3-14-40(36)34-41)44-32-28-39(29-33-44)47-21-10-15-38-13-4-5-18-46(38)47/h2-35H,1H3. The van der Waals surface area contributed by atoms with Crippen LogP contribution >= 0.6 is 0 Å². The first-order valence-corrected chi connectivity index (χ1v) is 18.4. The van der Waals surface area contributed by atoms with Gasteiger partial charge in [0.15, 0.2) is 0 Å². The molecule has 0 amide bonds. The number of hydrogen-bond donors (Lipinski definition) is 0. The van der Waals surface area contributed by atoms with Gasteiger partial charge >= 0.3 is 0 Å². The lowest BCUT2D eigenvalue weighted by Crippen LogP contribution is -2.23. The van der Waals surface area contributed by atoms with Crippen LogP contribution in [-0.2, 0) is 5.41 Å². The Hall–Kier alpha value is -6.70. The summed E-state index contributed by atoms with van der Waals surface area (Å²) in [6.45, 7) is 2.39. The monoisotopic (exact) mass is 675 g/mol. The molecule has 0 aromatic heterocycles. The maximum atomic E-state index is 2.40. The second-order valence-electron chi connectivity index (χ2n) is 14.3. The van der Waals surface area contributed by atoms with E-state index in [4.69, 9.17) is 0 Å². The maximum absolute atomic E-state index is 2.40. The molecular formula is C52H37N. The lowest BCUT2D eigenvalue weighted by molar-refractivity contribution is 0.714. The predicted molar refractivity (Wildman–Crippen MR) is 224 cm³/mol. The van der Waals surface area contributed by atoms with Crippen LogP contribution in [0.25, 0.3) is 54.9 Å². The van der Waals surface area contributed by atoms with E-state index < -0.39 is 0 Å². The van der Waals surface area contributed by atoms with Gasteiger partial charge < -0.3 is 4.90 Å². The van der Waals surface area contributed by atoms with Gasteiger partial charge in [-0.2, -0.15) is 0 Å². The Kier molecular flexibility index (Phi) is 7.33. The van der Waals surface area contributed by atoms with Gasteiger partial charge in [0.2, 0.25) is 0 Å². The van der Waals surface area contributed by atoms with Crippen molar-refractivity contribution in [3.63, 3.8) is 0 Å². The van der Waals surface area contributed by atoms with Gasteiger partial charge in [-0.05, 0) is 121 Å². The minimum atomic E-state index is -0.285. The highest BCUT2D eigenvalue weighted by molar-refractivity contribution is 5.97. The predicted octanol–water partition coefficient (Wildman–Crippen LogP) is 14.1. The van der Waals surface area contributed by atoms with E-state index >= 15 is 0 Å². The highest BCUT2D eigenvalue weighted by Gasteiger charge is 2.40. The molecule has 250 valence electrons. The summed E-state index contributed by atoms with van der Waals surface area (Å²) in [4.78, 5) is 2.40. The van der Waals surface area contributed by atoms with Crippen molar-refractivity contribution in [1.82, 2.24) is 0 Å². The number of hydrogen-bond acceptors (Lipinski definition) is 1. The van der Waals surface area contributed by atoms with Crippen molar-refractivity contribution < 1.29 is 0 Å². The molecule has 10 rings (SSSR count). The molecule has 0 radical (unpaired) electrons. The second-order valence-corrected chi connectivity index (χ2v) is 14.3. The fraction of sp³-hybridized carbons (Fsp3) is 0.0385. The summed E-state index contributed by atoms with van der Waals surface area (Å²) in [6.07, 6.45) is 0. The minimum absolute atomic E-state index is 0.285. The highest BCUT2D eigenvalue weighted by atomic mass is 15.1. The smallest absolute Gasteiger partial charge is 0.0464 e. The quantitative estimate of drug-likeness (QED) is 0.170. The molecule has 1 aliphatic carbocycles. The molecule has 0 aliphatic heterocycles. The number of rotatable bonds is 6. The molecule has 9 aromatic rings. The van der Waals surface area contributed by atoms with Crippen LogP contribution in [0.4, 0.5) is 17.1 Å². The van der Waals surface area contributed by atoms with Crippen LogP contribution in [0.5, 0.6) is 0 Å². The van der Waals surface area contributed by atoms with Crippen LogP contribution in [0.3, 0.4) is 0 Å². The van der Waals surface area contributed by atoms with Gasteiger partial charge in [-0.3, -0.25) is 0 Å². The molecule has 0 unspecified atom stereocenters. The zero-order valence-corrected chi connectivity index (χ0v) is 29.6. The Balaban J connectivity index is 1.10. The summed E-state index contributed by atoms with van der Waals surface area (Å²) >= 11 is 0. The molecule has 0 atom stereocenters. The average Bonchev–Trinajstić information content (AvgIpc) is 3.50. The van der Waals surface area contributed by atoms with Gasteiger partial charge in [0.1, 0.15) is 0 Å². The van der Waals surface area contributed by atoms with Gasteiger partial charge in [0, 0.05) is 22.5 Å². The normalized spacial score (nSPS) is 12.8. The number of nitrogens with zero attached hydrogens (tertiary/aromatic N) is 1. The van der Waals surface area contributed by atoms with E-state index in [9.17, 15) is 0 Å². The third-order valence-corrected chi connectivity index (χ3v) is 11.3. The molecular weight excluding hydrogens is 639 g/mol. The third kappa shape index (κ3) is 5.16. The topological polar surface area (TPSA) is 3.24 Å². The Morgan fingerprint density at radius 2 is 0.868 bits per heavy atom. The Morgan fingerprint density at radius 1 is 0.340 bits per heavy atom. The van der Waals surface area contributed by atoms with E-state index in [-0.39, 0.29) is 5.41 Å². The van der Waals surface area contributed by atoms with Gasteiger partial charge in [-0.25, -0.2) is 0 Å². The Bertz CT molecular complexity index is 2740. The van der Waals surface area contributed by atoms with Crippen molar-refractivity contribution >= 4 is 38.6 Å². The lowest BCUT2D eigenvalue weighted by Gasteiger charge is -2.31. The summed E-state index contributed by atoms with van der Waals surface area (Å²) in [6, 6.07) is 75.5. The van der Waals surface area contributed by atoms with Gasteiger partial charge in [0.25, 0.3) is 0 Å². The van der Waals surface area contributed by atoms with Crippen LogP contribution in [0.15, 0.2) is 206 Å². The zero-order valence-electron chi connectivity index (χ0n) is 29.6. The number of anilines is 3. The van der Waals surface area contributed by atoms with Gasteiger partial charge in [0.05, 0.1) is 0 Å². The maximum Gasteiger partial charge on any atom is 0.0464 e. The van der Waals surface area contributed by atoms with E-state index in [2.05, 4.69) is 218 Å². The first kappa shape index (κ1) is 31.1. The summed E-state index contributed by atoms with van der Waals surface area (Å²) in [5, 5.41) is 5.03. The van der Waals surface area contributed by atoms with Crippen molar-refractivity contribution in [1.29, 1.82) is 0 Å². The van der Waals surface area contributed by atoms with Crippen LogP contribution in [0.1, 0.15) is 23.6 Å². The molecule has 0 heterocycles. The Labute approximate surface area is 311 Å². The van der Waals surface area contributed by atoms with Crippen molar-refractivity contribution in [2.45, 2.75) is 12.3 Å². The molecule has 0 spiro atoms. The third-order valence-electron chi connectivity index (χ3n) is 11.3. The summed E-state index contributed by atoms with van der Waals surface area (Å²) in [5.74, 6) is 0. The number of benzene rings is 9. The molecule has 1 heteroatoms. The summed E-state index contributed by atoms with van der Waals surface area (Å²) in [7, 11) is 0. The second kappa shape index (κ2) is 12.5. The summed E-state index contributed by atoms with van der Waals surface area (Å²) < 4.78 is 0. The summed E-state index contributed by atoms with van der Waals surface area (Å²) in [5.41, 5.74) is 14.6. The van der Waals surface area contributed by atoms with Gasteiger partial charge in [-0.15, -0.1) is 0 Å². The van der Waals surface area contributed by atoms with Crippen LogP contribution in [0.2, 0.25) is 0 Å². The molecule has 53 heavy (non-hydrogen) atoms. The minimum Gasteiger partial charge on any atom is -0.310 e. The van der Waals surface area contributed by atoms with Crippen molar-refractivity contribution in [3.8, 4) is 33.4 Å². The van der Waals surface area contributed by atoms with Gasteiger partial charge in [-0.1, -0.05) is 164 Å². The lowest BCUT2D eigenvalue weighted by atomic mass is 9.74. The van der Waals surface area contributed by atoms with E-state index in [1.807, 2.05) is 0 Å². The molecule has 1 aliphatic rings. The fourth-order valence-electron chi connectivity index (χ4n) is 8.61. The fourth-order valence-corrected chi connectivity index (χ4v) is 8.61. The van der Waals surface area contributed by atoms with E-state index in [0.717, 1.165) is 17.1 Å². The van der Waals surface area contributed by atoms with E-state index in [0.29, 0.717) is 0 Å². The van der Waals surface area contributed by atoms with Crippen molar-refractivity contribution in [3.05, 3.63) is 223 Å². The SMILES string of the molecule is CC1(c2cccc(N(c3ccc(-c4ccc5ccccc5c4)cc3)c3ccc(-c4cccc5ccccc45)cc3)c2)c2ccccc2-c2ccccc21. The zero-order chi connectivity index (χ0) is 35.4. The molecule has 0 bridgehead atoms. The van der Waals surface area contributed by atoms with E-state index in [1.165, 1.54) is 71.6 Å². The average molecular weight is 676 g/mol. The molecule has 0 fully saturated rings. The van der Waals surface area contributed by atoms with Crippen LogP contribution in [-0.4, -0.2) is 0 Å². The highest BCUT2D eigenvalue weighted by Crippen LogP contribution is 2.53. The first-order valence-electron chi connectivity index (χ1n) is 18.4. The Morgan fingerprint density at radius 3 is 1.58 bits per heavy atom. The van der Waals surface area contributed by atoms with Crippen molar-refractivity contribution in [2.24, 2.45) is 0 Å². The van der Waals surface area contributed by atoms with Crippen LogP contribution in [0, 0.1) is 0 Å². The molecule has 9 aromatic carbocycles. The molecule has 1 nitrogen and oxygen atoms in total. The molecule has 0 saturated carbocycles. The first-order chi connectivity index (χ1) is 26.1. The van der Waals surface area contributed by atoms with E-state index in [1.54, 1.807) is 0 Å². The molecule has 0 saturated heterocycles. The molecule has 0 N–H and O–H groups in total. The number of fused-ring (bicyclic) bond motifs is 5. The van der Waals surface area contributed by atoms with Crippen LogP contribution < -0.4 is 4.90 Å². The van der Waals surface area contributed by atoms with Crippen molar-refractivity contribution in [2.75, 3.05) is 4.90 Å². The largest absolute Gasteiger partial charge is 0.310 e.